The molecule has 2 aromatic carbocycles. The fourth-order valence-electron chi connectivity index (χ4n) is 3.07. The van der Waals surface area contributed by atoms with E-state index in [9.17, 15) is 4.39 Å². The fraction of sp³-hybridized carbons (Fsp3) is 0.333. The molecule has 1 fully saturated rings. The number of rotatable bonds is 3. The highest BCUT2D eigenvalue weighted by Crippen LogP contribution is 2.31. The lowest BCUT2D eigenvalue weighted by molar-refractivity contribution is 0.198. The Kier molecular flexibility index (Phi) is 4.32. The molecule has 0 amide bonds. The molecule has 0 aromatic heterocycles. The van der Waals surface area contributed by atoms with Crippen LogP contribution in [0.1, 0.15) is 22.7 Å². The van der Waals surface area contributed by atoms with Gasteiger partial charge in [0.2, 0.25) is 0 Å². The third kappa shape index (κ3) is 3.14. The summed E-state index contributed by atoms with van der Waals surface area (Å²) in [4.78, 5) is 2.48. The van der Waals surface area contributed by atoms with Gasteiger partial charge in [0.1, 0.15) is 5.82 Å². The van der Waals surface area contributed by atoms with Crippen LogP contribution >= 0.6 is 0 Å². The second-order valence-corrected chi connectivity index (χ2v) is 5.60. The van der Waals surface area contributed by atoms with Crippen LogP contribution in [-0.4, -0.2) is 31.1 Å². The van der Waals surface area contributed by atoms with Gasteiger partial charge in [0.15, 0.2) is 0 Å². The summed E-state index contributed by atoms with van der Waals surface area (Å²) < 4.78 is 13.3. The van der Waals surface area contributed by atoms with Crippen LogP contribution < -0.4 is 5.32 Å². The molecule has 1 aliphatic rings. The fourth-order valence-corrected chi connectivity index (χ4v) is 3.07. The van der Waals surface area contributed by atoms with Crippen molar-refractivity contribution >= 4 is 0 Å². The van der Waals surface area contributed by atoms with Crippen molar-refractivity contribution in [2.24, 2.45) is 0 Å². The van der Waals surface area contributed by atoms with Gasteiger partial charge in [-0.3, -0.25) is 4.90 Å². The minimum atomic E-state index is -0.178. The van der Waals surface area contributed by atoms with Gasteiger partial charge in [-0.25, -0.2) is 4.39 Å². The Bertz CT molecular complexity index is 588. The van der Waals surface area contributed by atoms with Crippen molar-refractivity contribution in [3.8, 4) is 0 Å². The van der Waals surface area contributed by atoms with Gasteiger partial charge in [0, 0.05) is 26.2 Å². The molecule has 0 aliphatic carbocycles. The summed E-state index contributed by atoms with van der Waals surface area (Å²) in [5, 5.41) is 3.39. The highest BCUT2D eigenvalue weighted by molar-refractivity contribution is 5.37. The van der Waals surface area contributed by atoms with E-state index in [-0.39, 0.29) is 11.9 Å². The topological polar surface area (TPSA) is 15.3 Å². The number of benzene rings is 2. The number of hydrogen-bond donors (Lipinski definition) is 1. The minimum Gasteiger partial charge on any atom is -0.314 e. The maximum absolute atomic E-state index is 13.3. The monoisotopic (exact) mass is 284 g/mol. The van der Waals surface area contributed by atoms with Crippen molar-refractivity contribution in [2.75, 3.05) is 26.2 Å². The molecule has 2 nitrogen and oxygen atoms in total. The average molecular weight is 284 g/mol. The quantitative estimate of drug-likeness (QED) is 0.931. The third-order valence-electron chi connectivity index (χ3n) is 4.19. The lowest BCUT2D eigenvalue weighted by Gasteiger charge is -2.36. The lowest BCUT2D eigenvalue weighted by atomic mass is 9.93. The van der Waals surface area contributed by atoms with Gasteiger partial charge in [-0.05, 0) is 35.7 Å². The van der Waals surface area contributed by atoms with Crippen LogP contribution in [0.15, 0.2) is 48.5 Å². The zero-order valence-corrected chi connectivity index (χ0v) is 12.3. The largest absolute Gasteiger partial charge is 0.314 e. The van der Waals surface area contributed by atoms with Crippen molar-refractivity contribution in [1.29, 1.82) is 0 Å². The molecule has 1 unspecified atom stereocenters. The van der Waals surface area contributed by atoms with Crippen LogP contribution in [0.5, 0.6) is 0 Å². The summed E-state index contributed by atoms with van der Waals surface area (Å²) in [6.45, 7) is 6.17. The molecule has 1 N–H and O–H groups in total. The molecule has 1 saturated heterocycles. The zero-order valence-electron chi connectivity index (χ0n) is 12.3. The molecule has 1 atom stereocenters. The second-order valence-electron chi connectivity index (χ2n) is 5.60. The first kappa shape index (κ1) is 14.2. The number of nitrogens with zero attached hydrogens (tertiary/aromatic N) is 1. The van der Waals surface area contributed by atoms with Crippen molar-refractivity contribution in [3.63, 3.8) is 0 Å². The summed E-state index contributed by atoms with van der Waals surface area (Å²) >= 11 is 0. The molecule has 1 aliphatic heterocycles. The molecule has 21 heavy (non-hydrogen) atoms. The smallest absolute Gasteiger partial charge is 0.123 e. The van der Waals surface area contributed by atoms with E-state index in [0.29, 0.717) is 0 Å². The summed E-state index contributed by atoms with van der Waals surface area (Å²) in [5.41, 5.74) is 3.75. The predicted molar refractivity (Wildman–Crippen MR) is 83.9 cm³/mol. The van der Waals surface area contributed by atoms with Gasteiger partial charge in [-0.15, -0.1) is 0 Å². The average Bonchev–Trinajstić information content (AvgIpc) is 2.52. The van der Waals surface area contributed by atoms with Crippen molar-refractivity contribution in [3.05, 3.63) is 71.0 Å². The Morgan fingerprint density at radius 3 is 2.33 bits per heavy atom. The highest BCUT2D eigenvalue weighted by Gasteiger charge is 2.24. The summed E-state index contributed by atoms with van der Waals surface area (Å²) in [6.07, 6.45) is 0. The Hall–Kier alpha value is -1.71. The molecular formula is C18H21FN2. The number of piperazine rings is 1. The van der Waals surface area contributed by atoms with Crippen LogP contribution in [0.2, 0.25) is 0 Å². The molecular weight excluding hydrogens is 263 g/mol. The molecule has 0 bridgehead atoms. The van der Waals surface area contributed by atoms with E-state index in [4.69, 9.17) is 0 Å². The highest BCUT2D eigenvalue weighted by atomic mass is 19.1. The molecule has 0 radical (unpaired) electrons. The first-order valence-electron chi connectivity index (χ1n) is 7.51. The predicted octanol–water partition coefficient (Wildman–Crippen LogP) is 3.13. The van der Waals surface area contributed by atoms with E-state index < -0.39 is 0 Å². The first-order valence-corrected chi connectivity index (χ1v) is 7.51. The van der Waals surface area contributed by atoms with Crippen LogP contribution in [0.4, 0.5) is 4.39 Å². The van der Waals surface area contributed by atoms with Gasteiger partial charge >= 0.3 is 0 Å². The number of aryl methyl sites for hydroxylation is 1. The molecule has 3 heteroatoms. The maximum atomic E-state index is 13.3. The van der Waals surface area contributed by atoms with Crippen molar-refractivity contribution in [1.82, 2.24) is 10.2 Å². The van der Waals surface area contributed by atoms with Crippen LogP contribution in [0.25, 0.3) is 0 Å². The van der Waals surface area contributed by atoms with Gasteiger partial charge < -0.3 is 5.32 Å². The SMILES string of the molecule is Cc1ccccc1C(c1ccc(F)cc1)N1CCNCC1. The van der Waals surface area contributed by atoms with Crippen LogP contribution in [0, 0.1) is 12.7 Å². The van der Waals surface area contributed by atoms with Crippen molar-refractivity contribution < 1.29 is 4.39 Å². The minimum absolute atomic E-state index is 0.178. The van der Waals surface area contributed by atoms with E-state index in [1.54, 1.807) is 12.1 Å². The van der Waals surface area contributed by atoms with Crippen LogP contribution in [0.3, 0.4) is 0 Å². The summed E-state index contributed by atoms with van der Waals surface area (Å²) in [6, 6.07) is 15.6. The van der Waals surface area contributed by atoms with E-state index in [0.717, 1.165) is 31.7 Å². The normalized spacial score (nSPS) is 17.6. The zero-order chi connectivity index (χ0) is 14.7. The van der Waals surface area contributed by atoms with Gasteiger partial charge in [-0.1, -0.05) is 36.4 Å². The molecule has 1 heterocycles. The molecule has 3 rings (SSSR count). The number of hydrogen-bond acceptors (Lipinski definition) is 2. The first-order chi connectivity index (χ1) is 10.3. The van der Waals surface area contributed by atoms with Gasteiger partial charge in [-0.2, -0.15) is 0 Å². The summed E-state index contributed by atoms with van der Waals surface area (Å²) in [7, 11) is 0. The van der Waals surface area contributed by atoms with E-state index in [2.05, 4.69) is 41.4 Å². The third-order valence-corrected chi connectivity index (χ3v) is 4.19. The van der Waals surface area contributed by atoms with E-state index in [1.165, 1.54) is 11.1 Å². The molecule has 0 spiro atoms. The van der Waals surface area contributed by atoms with E-state index >= 15 is 0 Å². The van der Waals surface area contributed by atoms with E-state index in [1.807, 2.05) is 12.1 Å². The number of nitrogens with one attached hydrogen (secondary N) is 1. The Morgan fingerprint density at radius 2 is 1.67 bits per heavy atom. The molecule has 0 saturated carbocycles. The molecule has 2 aromatic rings. The van der Waals surface area contributed by atoms with Crippen LogP contribution in [-0.2, 0) is 0 Å². The van der Waals surface area contributed by atoms with Crippen molar-refractivity contribution in [2.45, 2.75) is 13.0 Å². The Labute approximate surface area is 125 Å². The maximum Gasteiger partial charge on any atom is 0.123 e. The van der Waals surface area contributed by atoms with Gasteiger partial charge in [0.05, 0.1) is 6.04 Å². The summed E-state index contributed by atoms with van der Waals surface area (Å²) in [5.74, 6) is -0.178. The lowest BCUT2D eigenvalue weighted by Crippen LogP contribution is -2.45. The molecule has 110 valence electrons. The standard InChI is InChI=1S/C18H21FN2/c1-14-4-2-3-5-17(14)18(21-12-10-20-11-13-21)15-6-8-16(19)9-7-15/h2-9,18,20H,10-13H2,1H3. The Balaban J connectivity index is 2.01. The second kappa shape index (κ2) is 6.37. The number of halogens is 1. The van der Waals surface area contributed by atoms with Gasteiger partial charge in [0.25, 0.3) is 0 Å². The Morgan fingerprint density at radius 1 is 1.00 bits per heavy atom.